The maximum atomic E-state index is 5.85. The SMILES string of the molecule is CCC(CC)(CC)Nc1ccnc(Cl)c1. The Kier molecular flexibility index (Phi) is 4.40. The van der Waals surface area contributed by atoms with Gasteiger partial charge in [-0.25, -0.2) is 4.98 Å². The number of halogens is 1. The van der Waals surface area contributed by atoms with Gasteiger partial charge in [-0.15, -0.1) is 0 Å². The number of anilines is 1. The molecule has 0 spiro atoms. The number of nitrogens with zero attached hydrogens (tertiary/aromatic N) is 1. The summed E-state index contributed by atoms with van der Waals surface area (Å²) < 4.78 is 0. The van der Waals surface area contributed by atoms with Crippen molar-refractivity contribution in [3.8, 4) is 0 Å². The van der Waals surface area contributed by atoms with Gasteiger partial charge in [0, 0.05) is 17.4 Å². The molecule has 0 fully saturated rings. The first-order valence-corrected chi connectivity index (χ1v) is 5.93. The van der Waals surface area contributed by atoms with E-state index in [2.05, 4.69) is 31.1 Å². The molecule has 0 unspecified atom stereocenters. The van der Waals surface area contributed by atoms with Crippen molar-refractivity contribution in [2.45, 2.75) is 45.6 Å². The van der Waals surface area contributed by atoms with Crippen molar-refractivity contribution in [3.05, 3.63) is 23.5 Å². The van der Waals surface area contributed by atoms with Gasteiger partial charge < -0.3 is 5.32 Å². The molecule has 0 atom stereocenters. The van der Waals surface area contributed by atoms with Gasteiger partial charge in [-0.05, 0) is 31.4 Å². The van der Waals surface area contributed by atoms with Crippen LogP contribution in [0, 0.1) is 0 Å². The van der Waals surface area contributed by atoms with Crippen LogP contribution >= 0.6 is 11.6 Å². The lowest BCUT2D eigenvalue weighted by Gasteiger charge is -2.33. The Labute approximate surface area is 97.1 Å². The van der Waals surface area contributed by atoms with Crippen molar-refractivity contribution in [1.82, 2.24) is 4.98 Å². The first kappa shape index (κ1) is 12.3. The molecule has 0 aliphatic heterocycles. The van der Waals surface area contributed by atoms with Gasteiger partial charge >= 0.3 is 0 Å². The minimum Gasteiger partial charge on any atom is -0.380 e. The lowest BCUT2D eigenvalue weighted by Crippen LogP contribution is -2.36. The average Bonchev–Trinajstić information content (AvgIpc) is 2.26. The third-order valence-electron chi connectivity index (χ3n) is 3.17. The number of aromatic nitrogens is 1. The van der Waals surface area contributed by atoms with Crippen molar-refractivity contribution >= 4 is 17.3 Å². The first-order chi connectivity index (χ1) is 7.15. The molecule has 1 aromatic heterocycles. The van der Waals surface area contributed by atoms with E-state index in [-0.39, 0.29) is 5.54 Å². The van der Waals surface area contributed by atoms with Crippen molar-refractivity contribution in [2.75, 3.05) is 5.32 Å². The van der Waals surface area contributed by atoms with E-state index in [1.54, 1.807) is 6.20 Å². The van der Waals surface area contributed by atoms with E-state index in [0.29, 0.717) is 5.15 Å². The molecule has 0 aliphatic rings. The second-order valence-electron chi connectivity index (χ2n) is 3.83. The number of hydrogen-bond acceptors (Lipinski definition) is 2. The van der Waals surface area contributed by atoms with Crippen molar-refractivity contribution < 1.29 is 0 Å². The standard InChI is InChI=1S/C12H19ClN2/c1-4-12(5-2,6-3)15-10-7-8-14-11(13)9-10/h7-9H,4-6H2,1-3H3,(H,14,15). The van der Waals surface area contributed by atoms with Crippen LogP contribution in [0.15, 0.2) is 18.3 Å². The largest absolute Gasteiger partial charge is 0.380 e. The molecular weight excluding hydrogens is 208 g/mol. The van der Waals surface area contributed by atoms with Crippen LogP contribution in [0.5, 0.6) is 0 Å². The predicted molar refractivity (Wildman–Crippen MR) is 66.5 cm³/mol. The van der Waals surface area contributed by atoms with Gasteiger partial charge in [-0.3, -0.25) is 0 Å². The monoisotopic (exact) mass is 226 g/mol. The highest BCUT2D eigenvalue weighted by atomic mass is 35.5. The third-order valence-corrected chi connectivity index (χ3v) is 3.37. The average molecular weight is 227 g/mol. The Morgan fingerprint density at radius 3 is 2.33 bits per heavy atom. The molecule has 0 radical (unpaired) electrons. The first-order valence-electron chi connectivity index (χ1n) is 5.55. The highest BCUT2D eigenvalue weighted by Crippen LogP contribution is 2.26. The fourth-order valence-electron chi connectivity index (χ4n) is 1.80. The maximum absolute atomic E-state index is 5.85. The van der Waals surface area contributed by atoms with Crippen LogP contribution in [0.1, 0.15) is 40.0 Å². The van der Waals surface area contributed by atoms with E-state index in [9.17, 15) is 0 Å². The van der Waals surface area contributed by atoms with E-state index in [0.717, 1.165) is 24.9 Å². The Morgan fingerprint density at radius 2 is 1.87 bits per heavy atom. The predicted octanol–water partition coefficient (Wildman–Crippen LogP) is 4.12. The molecule has 0 saturated heterocycles. The smallest absolute Gasteiger partial charge is 0.131 e. The van der Waals surface area contributed by atoms with Crippen molar-refractivity contribution in [3.63, 3.8) is 0 Å². The van der Waals surface area contributed by atoms with Crippen molar-refractivity contribution in [2.24, 2.45) is 0 Å². The highest BCUT2D eigenvalue weighted by Gasteiger charge is 2.23. The Balaban J connectivity index is 2.82. The summed E-state index contributed by atoms with van der Waals surface area (Å²) in [5.74, 6) is 0. The summed E-state index contributed by atoms with van der Waals surface area (Å²) in [6.45, 7) is 6.63. The fourth-order valence-corrected chi connectivity index (χ4v) is 1.98. The Morgan fingerprint density at radius 1 is 1.27 bits per heavy atom. The lowest BCUT2D eigenvalue weighted by atomic mass is 9.89. The molecule has 0 bridgehead atoms. The van der Waals surface area contributed by atoms with Gasteiger partial charge in [0.2, 0.25) is 0 Å². The fraction of sp³-hybridized carbons (Fsp3) is 0.583. The molecule has 1 rings (SSSR count). The zero-order chi connectivity index (χ0) is 11.3. The van der Waals surface area contributed by atoms with Gasteiger partial charge in [0.05, 0.1) is 0 Å². The van der Waals surface area contributed by atoms with Gasteiger partial charge in [0.1, 0.15) is 5.15 Å². The van der Waals surface area contributed by atoms with Crippen LogP contribution in [-0.4, -0.2) is 10.5 Å². The zero-order valence-corrected chi connectivity index (χ0v) is 10.4. The molecule has 0 saturated carbocycles. The summed E-state index contributed by atoms with van der Waals surface area (Å²) >= 11 is 5.85. The van der Waals surface area contributed by atoms with Gasteiger partial charge in [-0.1, -0.05) is 32.4 Å². The summed E-state index contributed by atoms with van der Waals surface area (Å²) in [7, 11) is 0. The summed E-state index contributed by atoms with van der Waals surface area (Å²) in [6, 6.07) is 3.83. The molecule has 0 aromatic carbocycles. The minimum absolute atomic E-state index is 0.185. The van der Waals surface area contributed by atoms with Crippen LogP contribution in [0.3, 0.4) is 0 Å². The van der Waals surface area contributed by atoms with Crippen LogP contribution in [0.2, 0.25) is 5.15 Å². The summed E-state index contributed by atoms with van der Waals surface area (Å²) in [5, 5.41) is 4.10. The van der Waals surface area contributed by atoms with E-state index in [1.807, 2.05) is 12.1 Å². The summed E-state index contributed by atoms with van der Waals surface area (Å²) in [6.07, 6.45) is 5.07. The van der Waals surface area contributed by atoms with E-state index < -0.39 is 0 Å². The molecular formula is C12H19ClN2. The third kappa shape index (κ3) is 3.10. The molecule has 0 amide bonds. The van der Waals surface area contributed by atoms with Crippen LogP contribution in [-0.2, 0) is 0 Å². The number of nitrogens with one attached hydrogen (secondary N) is 1. The summed E-state index contributed by atoms with van der Waals surface area (Å²) in [4.78, 5) is 3.97. The van der Waals surface area contributed by atoms with Crippen molar-refractivity contribution in [1.29, 1.82) is 0 Å². The number of rotatable bonds is 5. The second-order valence-corrected chi connectivity index (χ2v) is 4.22. The molecule has 84 valence electrons. The molecule has 1 heterocycles. The quantitative estimate of drug-likeness (QED) is 0.765. The minimum atomic E-state index is 0.185. The van der Waals surface area contributed by atoms with Crippen LogP contribution in [0.4, 0.5) is 5.69 Å². The molecule has 0 aliphatic carbocycles. The van der Waals surface area contributed by atoms with Gasteiger partial charge in [0.25, 0.3) is 0 Å². The zero-order valence-electron chi connectivity index (χ0n) is 9.68. The van der Waals surface area contributed by atoms with E-state index in [4.69, 9.17) is 11.6 Å². The Bertz CT molecular complexity index is 300. The number of hydrogen-bond donors (Lipinski definition) is 1. The van der Waals surface area contributed by atoms with Crippen LogP contribution in [0.25, 0.3) is 0 Å². The van der Waals surface area contributed by atoms with Gasteiger partial charge in [-0.2, -0.15) is 0 Å². The Hall–Kier alpha value is -0.760. The topological polar surface area (TPSA) is 24.9 Å². The normalized spacial score (nSPS) is 11.5. The molecule has 1 aromatic rings. The van der Waals surface area contributed by atoms with Gasteiger partial charge in [0.15, 0.2) is 0 Å². The van der Waals surface area contributed by atoms with Crippen LogP contribution < -0.4 is 5.32 Å². The van der Waals surface area contributed by atoms with E-state index >= 15 is 0 Å². The number of pyridine rings is 1. The second kappa shape index (κ2) is 5.36. The molecule has 2 nitrogen and oxygen atoms in total. The molecule has 1 N–H and O–H groups in total. The lowest BCUT2D eigenvalue weighted by molar-refractivity contribution is 0.420. The molecule has 3 heteroatoms. The highest BCUT2D eigenvalue weighted by molar-refractivity contribution is 6.29. The summed E-state index contributed by atoms with van der Waals surface area (Å²) in [5.41, 5.74) is 1.24. The van der Waals surface area contributed by atoms with E-state index in [1.165, 1.54) is 0 Å². The molecule has 15 heavy (non-hydrogen) atoms. The maximum Gasteiger partial charge on any atom is 0.131 e.